The summed E-state index contributed by atoms with van der Waals surface area (Å²) in [6.07, 6.45) is 4.88. The Morgan fingerprint density at radius 2 is 1.84 bits per heavy atom. The highest BCUT2D eigenvalue weighted by Gasteiger charge is 2.22. The van der Waals surface area contributed by atoms with Gasteiger partial charge in [-0.15, -0.1) is 24.0 Å². The molecular formula is C20H33IN4. The Labute approximate surface area is 169 Å². The maximum absolute atomic E-state index is 6.20. The van der Waals surface area contributed by atoms with Crippen molar-refractivity contribution in [1.29, 1.82) is 0 Å². The van der Waals surface area contributed by atoms with Crippen molar-refractivity contribution >= 4 is 29.9 Å². The number of nitrogens with two attached hydrogens (primary N) is 1. The molecule has 0 radical (unpaired) electrons. The van der Waals surface area contributed by atoms with Gasteiger partial charge in [-0.25, -0.2) is 0 Å². The van der Waals surface area contributed by atoms with Crippen molar-refractivity contribution in [3.63, 3.8) is 0 Å². The first-order chi connectivity index (χ1) is 11.7. The van der Waals surface area contributed by atoms with Gasteiger partial charge in [-0.3, -0.25) is 4.99 Å². The van der Waals surface area contributed by atoms with Gasteiger partial charge in [-0.1, -0.05) is 37.3 Å². The van der Waals surface area contributed by atoms with Crippen molar-refractivity contribution in [2.24, 2.45) is 22.6 Å². The van der Waals surface area contributed by atoms with Crippen molar-refractivity contribution in [2.75, 3.05) is 39.3 Å². The number of hydrogen-bond donors (Lipinski definition) is 1. The van der Waals surface area contributed by atoms with Gasteiger partial charge in [0, 0.05) is 32.7 Å². The SMILES string of the molecule is CC1CCN(C(N)=NCC2CCN(CCc3ccccc3)C2)CC1.I. The minimum atomic E-state index is 0. The standard InChI is InChI=1S/C20H32N4.HI/c1-17-7-13-24(14-8-17)20(21)22-15-19-10-12-23(16-19)11-9-18-5-3-2-4-6-18;/h2-6,17,19H,7-16H2,1H3,(H2,21,22);1H. The molecule has 1 atom stereocenters. The molecule has 1 unspecified atom stereocenters. The third-order valence-electron chi connectivity index (χ3n) is 5.55. The first-order valence-corrected chi connectivity index (χ1v) is 9.52. The molecule has 2 fully saturated rings. The fourth-order valence-electron chi connectivity index (χ4n) is 3.76. The van der Waals surface area contributed by atoms with Crippen LogP contribution in [0.3, 0.4) is 0 Å². The Balaban J connectivity index is 0.00000225. The van der Waals surface area contributed by atoms with Crippen LogP contribution in [0.2, 0.25) is 0 Å². The van der Waals surface area contributed by atoms with Gasteiger partial charge in [0.1, 0.15) is 0 Å². The number of hydrogen-bond acceptors (Lipinski definition) is 2. The number of likely N-dealkylation sites (tertiary alicyclic amines) is 2. The largest absolute Gasteiger partial charge is 0.370 e. The quantitative estimate of drug-likeness (QED) is 0.421. The van der Waals surface area contributed by atoms with E-state index in [4.69, 9.17) is 10.7 Å². The average Bonchev–Trinajstić information content (AvgIpc) is 3.07. The first kappa shape index (κ1) is 20.5. The average molecular weight is 456 g/mol. The van der Waals surface area contributed by atoms with E-state index in [0.29, 0.717) is 5.92 Å². The molecule has 1 aromatic rings. The van der Waals surface area contributed by atoms with E-state index in [1.165, 1.54) is 37.9 Å². The Morgan fingerprint density at radius 1 is 1.12 bits per heavy atom. The summed E-state index contributed by atoms with van der Waals surface area (Å²) in [6.45, 7) is 8.89. The molecule has 2 aliphatic rings. The number of piperidine rings is 1. The normalized spacial score (nSPS) is 22.8. The second kappa shape index (κ2) is 10.4. The number of aliphatic imine (C=N–C) groups is 1. The molecule has 0 aliphatic carbocycles. The van der Waals surface area contributed by atoms with Gasteiger partial charge in [0.25, 0.3) is 0 Å². The van der Waals surface area contributed by atoms with Gasteiger partial charge >= 0.3 is 0 Å². The van der Waals surface area contributed by atoms with Crippen molar-refractivity contribution in [3.05, 3.63) is 35.9 Å². The van der Waals surface area contributed by atoms with E-state index in [9.17, 15) is 0 Å². The zero-order valence-corrected chi connectivity index (χ0v) is 17.8. The fourth-order valence-corrected chi connectivity index (χ4v) is 3.76. The summed E-state index contributed by atoms with van der Waals surface area (Å²) in [4.78, 5) is 9.54. The van der Waals surface area contributed by atoms with E-state index in [1.807, 2.05) is 0 Å². The predicted octanol–water partition coefficient (Wildman–Crippen LogP) is 3.22. The van der Waals surface area contributed by atoms with E-state index < -0.39 is 0 Å². The van der Waals surface area contributed by atoms with Gasteiger partial charge in [0.2, 0.25) is 0 Å². The summed E-state index contributed by atoms with van der Waals surface area (Å²) >= 11 is 0. The summed E-state index contributed by atoms with van der Waals surface area (Å²) in [5.74, 6) is 2.27. The van der Waals surface area contributed by atoms with Crippen LogP contribution in [0.25, 0.3) is 0 Å². The molecule has 25 heavy (non-hydrogen) atoms. The van der Waals surface area contributed by atoms with E-state index >= 15 is 0 Å². The van der Waals surface area contributed by atoms with Crippen LogP contribution in [-0.4, -0.2) is 55.0 Å². The first-order valence-electron chi connectivity index (χ1n) is 9.52. The van der Waals surface area contributed by atoms with Crippen molar-refractivity contribution in [1.82, 2.24) is 9.80 Å². The van der Waals surface area contributed by atoms with Crippen LogP contribution < -0.4 is 5.73 Å². The van der Waals surface area contributed by atoms with Crippen LogP contribution in [0.4, 0.5) is 0 Å². The lowest BCUT2D eigenvalue weighted by molar-refractivity contribution is 0.277. The predicted molar refractivity (Wildman–Crippen MR) is 117 cm³/mol. The van der Waals surface area contributed by atoms with Gasteiger partial charge in [-0.05, 0) is 49.6 Å². The van der Waals surface area contributed by atoms with Crippen LogP contribution in [0.15, 0.2) is 35.3 Å². The molecule has 0 aromatic heterocycles. The number of benzene rings is 1. The van der Waals surface area contributed by atoms with Crippen LogP contribution in [-0.2, 0) is 6.42 Å². The lowest BCUT2D eigenvalue weighted by Crippen LogP contribution is -2.42. The second-order valence-corrected chi connectivity index (χ2v) is 7.56. The van der Waals surface area contributed by atoms with Crippen LogP contribution in [0.1, 0.15) is 31.7 Å². The molecule has 2 aliphatic heterocycles. The number of rotatable bonds is 5. The highest BCUT2D eigenvalue weighted by molar-refractivity contribution is 14.0. The molecule has 0 amide bonds. The summed E-state index contributed by atoms with van der Waals surface area (Å²) in [6, 6.07) is 10.8. The smallest absolute Gasteiger partial charge is 0.191 e. The molecule has 2 heterocycles. The summed E-state index contributed by atoms with van der Waals surface area (Å²) < 4.78 is 0. The molecule has 2 saturated heterocycles. The molecule has 4 nitrogen and oxygen atoms in total. The Bertz CT molecular complexity index is 526. The number of nitrogens with zero attached hydrogens (tertiary/aromatic N) is 3. The zero-order valence-electron chi connectivity index (χ0n) is 15.4. The van der Waals surface area contributed by atoms with Gasteiger partial charge in [0.15, 0.2) is 5.96 Å². The Kier molecular flexibility index (Phi) is 8.49. The molecular weight excluding hydrogens is 423 g/mol. The van der Waals surface area contributed by atoms with Gasteiger partial charge < -0.3 is 15.5 Å². The second-order valence-electron chi connectivity index (χ2n) is 7.56. The molecule has 2 N–H and O–H groups in total. The summed E-state index contributed by atoms with van der Waals surface area (Å²) in [5, 5.41) is 0. The monoisotopic (exact) mass is 456 g/mol. The molecule has 0 spiro atoms. The highest BCUT2D eigenvalue weighted by Crippen LogP contribution is 2.18. The fraction of sp³-hybridized carbons (Fsp3) is 0.650. The number of guanidine groups is 1. The van der Waals surface area contributed by atoms with Crippen molar-refractivity contribution < 1.29 is 0 Å². The summed E-state index contributed by atoms with van der Waals surface area (Å²) in [7, 11) is 0. The third-order valence-corrected chi connectivity index (χ3v) is 5.55. The third kappa shape index (κ3) is 6.44. The minimum absolute atomic E-state index is 0. The molecule has 140 valence electrons. The molecule has 0 saturated carbocycles. The van der Waals surface area contributed by atoms with Gasteiger partial charge in [-0.2, -0.15) is 0 Å². The topological polar surface area (TPSA) is 44.9 Å². The summed E-state index contributed by atoms with van der Waals surface area (Å²) in [5.41, 5.74) is 7.64. The maximum atomic E-state index is 6.20. The zero-order chi connectivity index (χ0) is 16.8. The molecule has 3 rings (SSSR count). The van der Waals surface area contributed by atoms with Crippen LogP contribution in [0, 0.1) is 11.8 Å². The van der Waals surface area contributed by atoms with E-state index in [2.05, 4.69) is 47.1 Å². The molecule has 0 bridgehead atoms. The van der Waals surface area contributed by atoms with Gasteiger partial charge in [0.05, 0.1) is 0 Å². The highest BCUT2D eigenvalue weighted by atomic mass is 127. The van der Waals surface area contributed by atoms with Crippen LogP contribution in [0.5, 0.6) is 0 Å². The molecule has 1 aromatic carbocycles. The van der Waals surface area contributed by atoms with Crippen LogP contribution >= 0.6 is 24.0 Å². The lowest BCUT2D eigenvalue weighted by Gasteiger charge is -2.31. The van der Waals surface area contributed by atoms with E-state index in [-0.39, 0.29) is 24.0 Å². The Hall–Kier alpha value is -0.820. The van der Waals surface area contributed by atoms with Crippen molar-refractivity contribution in [2.45, 2.75) is 32.6 Å². The lowest BCUT2D eigenvalue weighted by atomic mass is 10.00. The Morgan fingerprint density at radius 3 is 2.56 bits per heavy atom. The maximum Gasteiger partial charge on any atom is 0.191 e. The molecule has 5 heteroatoms. The minimum Gasteiger partial charge on any atom is -0.370 e. The van der Waals surface area contributed by atoms with E-state index in [1.54, 1.807) is 0 Å². The number of halogens is 1. The van der Waals surface area contributed by atoms with Crippen molar-refractivity contribution in [3.8, 4) is 0 Å². The van der Waals surface area contributed by atoms with E-state index in [0.717, 1.165) is 44.5 Å².